The molecule has 2 aromatic rings. The summed E-state index contributed by atoms with van der Waals surface area (Å²) in [5.74, 6) is 4.54. The average molecular weight is 285 g/mol. The molecule has 6 heteroatoms. The van der Waals surface area contributed by atoms with Crippen LogP contribution in [0.4, 0.5) is 0 Å². The van der Waals surface area contributed by atoms with Gasteiger partial charge in [-0.3, -0.25) is 15.0 Å². The van der Waals surface area contributed by atoms with Crippen LogP contribution in [0.3, 0.4) is 0 Å². The fourth-order valence-corrected chi connectivity index (χ4v) is 1.90. The Balaban J connectivity index is 2.21. The topological polar surface area (TPSA) is 107 Å². The lowest BCUT2D eigenvalue weighted by atomic mass is 10.1. The van der Waals surface area contributed by atoms with Crippen LogP contribution >= 0.6 is 0 Å². The standard InChI is InChI=1S/C15H15N3O3/c16-14(19)12-7-3-4-8-13(12)21-9-10-5-1-2-6-11(10)15(20)18-17/h1-8H,9,17H2,(H2,16,19)(H,18,20). The predicted molar refractivity (Wildman–Crippen MR) is 77.4 cm³/mol. The molecule has 108 valence electrons. The van der Waals surface area contributed by atoms with Crippen molar-refractivity contribution in [1.82, 2.24) is 5.43 Å². The summed E-state index contributed by atoms with van der Waals surface area (Å²) < 4.78 is 5.60. The number of hydrogen-bond donors (Lipinski definition) is 3. The van der Waals surface area contributed by atoms with Gasteiger partial charge < -0.3 is 10.5 Å². The minimum atomic E-state index is -0.571. The third kappa shape index (κ3) is 3.37. The number of hydrogen-bond acceptors (Lipinski definition) is 4. The molecule has 6 nitrogen and oxygen atoms in total. The number of rotatable bonds is 5. The number of nitrogens with two attached hydrogens (primary N) is 2. The smallest absolute Gasteiger partial charge is 0.265 e. The molecule has 0 atom stereocenters. The molecule has 0 aromatic heterocycles. The third-order valence-corrected chi connectivity index (χ3v) is 2.93. The van der Waals surface area contributed by atoms with Crippen LogP contribution in [0, 0.1) is 0 Å². The number of nitrogen functional groups attached to an aromatic ring is 1. The van der Waals surface area contributed by atoms with E-state index >= 15 is 0 Å². The second kappa shape index (κ2) is 6.53. The highest BCUT2D eigenvalue weighted by molar-refractivity contribution is 5.96. The molecule has 2 rings (SSSR count). The summed E-state index contributed by atoms with van der Waals surface area (Å²) in [5.41, 5.74) is 8.72. The van der Waals surface area contributed by atoms with Gasteiger partial charge in [0.25, 0.3) is 11.8 Å². The molecule has 2 amide bonds. The van der Waals surface area contributed by atoms with E-state index in [-0.39, 0.29) is 6.61 Å². The summed E-state index contributed by atoms with van der Waals surface area (Å²) in [5, 5.41) is 0. The van der Waals surface area contributed by atoms with E-state index in [2.05, 4.69) is 5.43 Å². The number of primary amides is 1. The van der Waals surface area contributed by atoms with E-state index < -0.39 is 11.8 Å². The second-order valence-electron chi connectivity index (χ2n) is 4.28. The second-order valence-corrected chi connectivity index (χ2v) is 4.28. The van der Waals surface area contributed by atoms with E-state index in [0.717, 1.165) is 0 Å². The van der Waals surface area contributed by atoms with Crippen LogP contribution in [-0.4, -0.2) is 11.8 Å². The summed E-state index contributed by atoms with van der Waals surface area (Å²) in [4.78, 5) is 23.0. The lowest BCUT2D eigenvalue weighted by Crippen LogP contribution is -2.31. The first kappa shape index (κ1) is 14.5. The fraction of sp³-hybridized carbons (Fsp3) is 0.0667. The average Bonchev–Trinajstić information content (AvgIpc) is 2.52. The van der Waals surface area contributed by atoms with Crippen LogP contribution in [0.2, 0.25) is 0 Å². The lowest BCUT2D eigenvalue weighted by molar-refractivity contribution is 0.0948. The van der Waals surface area contributed by atoms with Crippen molar-refractivity contribution in [1.29, 1.82) is 0 Å². The highest BCUT2D eigenvalue weighted by Gasteiger charge is 2.12. The molecule has 0 saturated heterocycles. The van der Waals surface area contributed by atoms with Crippen LogP contribution in [0.5, 0.6) is 5.75 Å². The number of benzene rings is 2. The van der Waals surface area contributed by atoms with Gasteiger partial charge in [0.05, 0.1) is 5.56 Å². The Hall–Kier alpha value is -2.86. The Kier molecular flexibility index (Phi) is 4.53. The minimum Gasteiger partial charge on any atom is -0.488 e. The Morgan fingerprint density at radius 2 is 1.62 bits per heavy atom. The van der Waals surface area contributed by atoms with Crippen molar-refractivity contribution in [2.45, 2.75) is 6.61 Å². The number of ether oxygens (including phenoxy) is 1. The third-order valence-electron chi connectivity index (χ3n) is 2.93. The fourth-order valence-electron chi connectivity index (χ4n) is 1.90. The van der Waals surface area contributed by atoms with Gasteiger partial charge in [-0.25, -0.2) is 5.84 Å². The van der Waals surface area contributed by atoms with E-state index in [1.807, 2.05) is 0 Å². The first-order valence-electron chi connectivity index (χ1n) is 6.24. The van der Waals surface area contributed by atoms with Gasteiger partial charge >= 0.3 is 0 Å². The molecule has 0 heterocycles. The van der Waals surface area contributed by atoms with E-state index in [1.54, 1.807) is 48.5 Å². The quantitative estimate of drug-likeness (QED) is 0.432. The van der Waals surface area contributed by atoms with E-state index in [0.29, 0.717) is 22.4 Å². The molecule has 21 heavy (non-hydrogen) atoms. The molecule has 5 N–H and O–H groups in total. The van der Waals surface area contributed by atoms with Crippen molar-refractivity contribution < 1.29 is 14.3 Å². The molecule has 0 aliphatic heterocycles. The summed E-state index contributed by atoms with van der Waals surface area (Å²) in [6.07, 6.45) is 0. The Labute approximate surface area is 121 Å². The van der Waals surface area contributed by atoms with Gasteiger partial charge in [0.1, 0.15) is 12.4 Å². The van der Waals surface area contributed by atoms with E-state index in [4.69, 9.17) is 16.3 Å². The van der Waals surface area contributed by atoms with Gasteiger partial charge in [0.2, 0.25) is 0 Å². The summed E-state index contributed by atoms with van der Waals surface area (Å²) in [6, 6.07) is 13.6. The molecular weight excluding hydrogens is 270 g/mol. The van der Waals surface area contributed by atoms with Gasteiger partial charge in [0, 0.05) is 11.1 Å². The Bertz CT molecular complexity index is 671. The van der Waals surface area contributed by atoms with Crippen LogP contribution in [0.1, 0.15) is 26.3 Å². The first-order valence-corrected chi connectivity index (χ1v) is 6.24. The molecule has 0 fully saturated rings. The van der Waals surface area contributed by atoms with Crippen LogP contribution in [0.15, 0.2) is 48.5 Å². The maximum Gasteiger partial charge on any atom is 0.265 e. The van der Waals surface area contributed by atoms with E-state index in [1.165, 1.54) is 0 Å². The highest BCUT2D eigenvalue weighted by atomic mass is 16.5. The van der Waals surface area contributed by atoms with Crippen LogP contribution in [-0.2, 0) is 6.61 Å². The van der Waals surface area contributed by atoms with Crippen molar-refractivity contribution in [3.63, 3.8) is 0 Å². The van der Waals surface area contributed by atoms with Gasteiger partial charge in [-0.15, -0.1) is 0 Å². The molecule has 0 bridgehead atoms. The molecule has 0 saturated carbocycles. The number of carbonyl (C=O) groups excluding carboxylic acids is 2. The van der Waals surface area contributed by atoms with Gasteiger partial charge in [-0.05, 0) is 18.2 Å². The zero-order valence-corrected chi connectivity index (χ0v) is 11.2. The number of nitrogens with one attached hydrogen (secondary N) is 1. The molecular formula is C15H15N3O3. The molecule has 0 aliphatic rings. The summed E-state index contributed by atoms with van der Waals surface area (Å²) >= 11 is 0. The minimum absolute atomic E-state index is 0.119. The zero-order chi connectivity index (χ0) is 15.2. The summed E-state index contributed by atoms with van der Waals surface area (Å²) in [7, 11) is 0. The monoisotopic (exact) mass is 285 g/mol. The molecule has 2 aromatic carbocycles. The van der Waals surface area contributed by atoms with Crippen molar-refractivity contribution in [2.75, 3.05) is 0 Å². The zero-order valence-electron chi connectivity index (χ0n) is 11.2. The molecule has 0 aliphatic carbocycles. The van der Waals surface area contributed by atoms with Gasteiger partial charge in [0.15, 0.2) is 0 Å². The van der Waals surface area contributed by atoms with Crippen molar-refractivity contribution in [3.05, 3.63) is 65.2 Å². The predicted octanol–water partition coefficient (Wildman–Crippen LogP) is 0.968. The lowest BCUT2D eigenvalue weighted by Gasteiger charge is -2.12. The maximum absolute atomic E-state index is 11.7. The summed E-state index contributed by atoms with van der Waals surface area (Å²) in [6.45, 7) is 0.119. The van der Waals surface area contributed by atoms with Gasteiger partial charge in [-0.1, -0.05) is 30.3 Å². The molecule has 0 spiro atoms. The largest absolute Gasteiger partial charge is 0.488 e. The van der Waals surface area contributed by atoms with Crippen molar-refractivity contribution >= 4 is 11.8 Å². The highest BCUT2D eigenvalue weighted by Crippen LogP contribution is 2.19. The van der Waals surface area contributed by atoms with Crippen LogP contribution in [0.25, 0.3) is 0 Å². The number of amides is 2. The van der Waals surface area contributed by atoms with Gasteiger partial charge in [-0.2, -0.15) is 0 Å². The Morgan fingerprint density at radius 1 is 1.00 bits per heavy atom. The number of carbonyl (C=O) groups is 2. The van der Waals surface area contributed by atoms with Crippen molar-refractivity contribution in [3.8, 4) is 5.75 Å². The number of para-hydroxylation sites is 1. The van der Waals surface area contributed by atoms with Crippen molar-refractivity contribution in [2.24, 2.45) is 11.6 Å². The molecule has 0 unspecified atom stereocenters. The normalized spacial score (nSPS) is 9.95. The van der Waals surface area contributed by atoms with Crippen LogP contribution < -0.4 is 21.7 Å². The SMILES string of the molecule is NNC(=O)c1ccccc1COc1ccccc1C(N)=O. The molecule has 0 radical (unpaired) electrons. The van der Waals surface area contributed by atoms with E-state index in [9.17, 15) is 9.59 Å². The number of hydrazine groups is 1. The Morgan fingerprint density at radius 3 is 2.29 bits per heavy atom. The maximum atomic E-state index is 11.7. The first-order chi connectivity index (χ1) is 10.1.